The van der Waals surface area contributed by atoms with Crippen LogP contribution in [0.15, 0.2) is 60.8 Å². The van der Waals surface area contributed by atoms with E-state index in [1.807, 2.05) is 24.3 Å². The first kappa shape index (κ1) is 29.2. The average molecular weight is 571 g/mol. The molecular weight excluding hydrogens is 538 g/mol. The molecule has 0 aliphatic carbocycles. The van der Waals surface area contributed by atoms with Crippen molar-refractivity contribution in [2.75, 3.05) is 26.2 Å². The van der Waals surface area contributed by atoms with Crippen LogP contribution in [0.5, 0.6) is 0 Å². The third-order valence-electron chi connectivity index (χ3n) is 8.32. The minimum atomic E-state index is -0.873. The standard InChI is InChI=1S/C33H32F2N4O3/c34-27-6-7-28(29(35)18-27)32(41)25-11-15-39(16-12-25)33(42)30-8-5-26(20-37-30)31(40)17-22-9-13-38(14-10-22)21-24-3-1-23(19-36)2-4-24/h1-8,18,20,22,25H,9-17,21H2. The highest BCUT2D eigenvalue weighted by Crippen LogP contribution is 2.26. The molecule has 42 heavy (non-hydrogen) atoms. The van der Waals surface area contributed by atoms with Gasteiger partial charge in [-0.2, -0.15) is 5.26 Å². The molecule has 9 heteroatoms. The topological polar surface area (TPSA) is 94.4 Å². The maximum absolute atomic E-state index is 14.0. The van der Waals surface area contributed by atoms with Crippen molar-refractivity contribution in [2.24, 2.45) is 11.8 Å². The highest BCUT2D eigenvalue weighted by molar-refractivity contribution is 5.99. The highest BCUT2D eigenvalue weighted by atomic mass is 19.1. The molecule has 1 amide bonds. The highest BCUT2D eigenvalue weighted by Gasteiger charge is 2.30. The summed E-state index contributed by atoms with van der Waals surface area (Å²) in [7, 11) is 0. The van der Waals surface area contributed by atoms with Crippen molar-refractivity contribution >= 4 is 17.5 Å². The van der Waals surface area contributed by atoms with Crippen LogP contribution in [-0.4, -0.2) is 58.4 Å². The second kappa shape index (κ2) is 13.1. The van der Waals surface area contributed by atoms with Crippen molar-refractivity contribution in [3.05, 3.63) is 100 Å². The van der Waals surface area contributed by atoms with E-state index in [9.17, 15) is 23.2 Å². The second-order valence-electron chi connectivity index (χ2n) is 11.1. The largest absolute Gasteiger partial charge is 0.337 e. The number of Topliss-reactive ketones (excluding diaryl/α,β-unsaturated/α-hetero) is 2. The van der Waals surface area contributed by atoms with E-state index in [2.05, 4.69) is 16.0 Å². The van der Waals surface area contributed by atoms with Crippen molar-refractivity contribution in [3.8, 4) is 6.07 Å². The molecule has 2 aliphatic heterocycles. The molecule has 7 nitrogen and oxygen atoms in total. The summed E-state index contributed by atoms with van der Waals surface area (Å²) in [6.45, 7) is 3.29. The molecule has 0 atom stereocenters. The summed E-state index contributed by atoms with van der Waals surface area (Å²) in [4.78, 5) is 46.9. The van der Waals surface area contributed by atoms with Crippen LogP contribution in [0.4, 0.5) is 8.78 Å². The Kier molecular flexibility index (Phi) is 9.13. The Morgan fingerprint density at radius 1 is 0.905 bits per heavy atom. The zero-order valence-corrected chi connectivity index (χ0v) is 23.3. The molecule has 2 saturated heterocycles. The van der Waals surface area contributed by atoms with Crippen LogP contribution in [-0.2, 0) is 6.54 Å². The number of carbonyl (C=O) groups is 3. The summed E-state index contributed by atoms with van der Waals surface area (Å²) in [6.07, 6.45) is 4.52. The molecule has 0 spiro atoms. The number of piperidine rings is 2. The van der Waals surface area contributed by atoms with Gasteiger partial charge in [-0.25, -0.2) is 8.78 Å². The number of benzene rings is 2. The molecule has 3 aromatic rings. The number of nitriles is 1. The molecule has 0 radical (unpaired) electrons. The Morgan fingerprint density at radius 3 is 2.24 bits per heavy atom. The number of halogens is 2. The van der Waals surface area contributed by atoms with Gasteiger partial charge in [-0.15, -0.1) is 0 Å². The fourth-order valence-electron chi connectivity index (χ4n) is 5.77. The molecule has 0 saturated carbocycles. The van der Waals surface area contributed by atoms with Gasteiger partial charge in [0.2, 0.25) is 0 Å². The van der Waals surface area contributed by atoms with E-state index in [1.54, 1.807) is 17.0 Å². The molecule has 3 heterocycles. The Morgan fingerprint density at radius 2 is 1.62 bits per heavy atom. The van der Waals surface area contributed by atoms with Gasteiger partial charge in [-0.1, -0.05) is 12.1 Å². The lowest BCUT2D eigenvalue weighted by Crippen LogP contribution is -2.40. The number of hydrogen-bond acceptors (Lipinski definition) is 6. The van der Waals surface area contributed by atoms with Crippen LogP contribution < -0.4 is 0 Å². The van der Waals surface area contributed by atoms with E-state index >= 15 is 0 Å². The molecule has 2 fully saturated rings. The summed E-state index contributed by atoms with van der Waals surface area (Å²) in [5.41, 5.74) is 2.41. The number of ketones is 2. The number of pyridine rings is 1. The number of amides is 1. The molecular formula is C33H32F2N4O3. The summed E-state index contributed by atoms with van der Waals surface area (Å²) < 4.78 is 27.2. The van der Waals surface area contributed by atoms with Crippen molar-refractivity contribution in [1.29, 1.82) is 5.26 Å². The van der Waals surface area contributed by atoms with Gasteiger partial charge in [-0.05, 0) is 86.7 Å². The normalized spacial score (nSPS) is 16.6. The Balaban J connectivity index is 1.07. The summed E-state index contributed by atoms with van der Waals surface area (Å²) in [5.74, 6) is -2.39. The Labute approximate surface area is 243 Å². The van der Waals surface area contributed by atoms with Gasteiger partial charge < -0.3 is 4.90 Å². The minimum Gasteiger partial charge on any atom is -0.337 e. The number of rotatable bonds is 8. The zero-order chi connectivity index (χ0) is 29.6. The summed E-state index contributed by atoms with van der Waals surface area (Å²) in [6, 6.07) is 15.9. The maximum atomic E-state index is 14.0. The predicted octanol–water partition coefficient (Wildman–Crippen LogP) is 5.45. The van der Waals surface area contributed by atoms with Crippen molar-refractivity contribution < 1.29 is 23.2 Å². The van der Waals surface area contributed by atoms with Gasteiger partial charge in [0.1, 0.15) is 17.3 Å². The van der Waals surface area contributed by atoms with Crippen LogP contribution in [0.1, 0.15) is 74.4 Å². The van der Waals surface area contributed by atoms with Crippen molar-refractivity contribution in [3.63, 3.8) is 0 Å². The van der Waals surface area contributed by atoms with Gasteiger partial charge in [0.25, 0.3) is 5.91 Å². The van der Waals surface area contributed by atoms with Crippen molar-refractivity contribution in [1.82, 2.24) is 14.8 Å². The molecule has 1 aromatic heterocycles. The molecule has 0 N–H and O–H groups in total. The monoisotopic (exact) mass is 570 g/mol. The third kappa shape index (κ3) is 6.94. The molecule has 0 bridgehead atoms. The second-order valence-corrected chi connectivity index (χ2v) is 11.1. The van der Waals surface area contributed by atoms with Crippen LogP contribution in [0.2, 0.25) is 0 Å². The van der Waals surface area contributed by atoms with E-state index < -0.39 is 17.6 Å². The first-order valence-electron chi connectivity index (χ1n) is 14.3. The van der Waals surface area contributed by atoms with Gasteiger partial charge in [0.05, 0.1) is 17.2 Å². The maximum Gasteiger partial charge on any atom is 0.272 e. The Hall–Kier alpha value is -4.29. The van der Waals surface area contributed by atoms with Crippen LogP contribution in [0.3, 0.4) is 0 Å². The predicted molar refractivity (Wildman–Crippen MR) is 152 cm³/mol. The quantitative estimate of drug-likeness (QED) is 0.334. The van der Waals surface area contributed by atoms with E-state index in [1.165, 1.54) is 17.8 Å². The first-order chi connectivity index (χ1) is 20.3. The van der Waals surface area contributed by atoms with Crippen molar-refractivity contribution in [2.45, 2.75) is 38.6 Å². The van der Waals surface area contributed by atoms with Crippen LogP contribution in [0.25, 0.3) is 0 Å². The number of carbonyl (C=O) groups excluding carboxylic acids is 3. The lowest BCUT2D eigenvalue weighted by molar-refractivity contribution is 0.0644. The molecule has 5 rings (SSSR count). The van der Waals surface area contributed by atoms with E-state index in [0.717, 1.165) is 38.5 Å². The smallest absolute Gasteiger partial charge is 0.272 e. The van der Waals surface area contributed by atoms with Gasteiger partial charge in [0.15, 0.2) is 11.6 Å². The lowest BCUT2D eigenvalue weighted by Gasteiger charge is -2.31. The SMILES string of the molecule is N#Cc1ccc(CN2CCC(CC(=O)c3ccc(C(=O)N4CCC(C(=O)c5ccc(F)cc5F)CC4)nc3)CC2)cc1. The molecule has 0 unspecified atom stereocenters. The van der Waals surface area contributed by atoms with E-state index in [-0.39, 0.29) is 28.7 Å². The average Bonchev–Trinajstić information content (AvgIpc) is 3.02. The minimum absolute atomic E-state index is 0.0133. The van der Waals surface area contributed by atoms with Crippen LogP contribution >= 0.6 is 0 Å². The third-order valence-corrected chi connectivity index (χ3v) is 8.32. The number of hydrogen-bond donors (Lipinski definition) is 0. The van der Waals surface area contributed by atoms with Gasteiger partial charge in [-0.3, -0.25) is 24.3 Å². The van der Waals surface area contributed by atoms with E-state index in [4.69, 9.17) is 5.26 Å². The van der Waals surface area contributed by atoms with Crippen LogP contribution in [0, 0.1) is 34.8 Å². The summed E-state index contributed by atoms with van der Waals surface area (Å²) >= 11 is 0. The van der Waals surface area contributed by atoms with Gasteiger partial charge >= 0.3 is 0 Å². The van der Waals surface area contributed by atoms with E-state index in [0.29, 0.717) is 55.5 Å². The molecule has 216 valence electrons. The zero-order valence-electron chi connectivity index (χ0n) is 23.3. The lowest BCUT2D eigenvalue weighted by atomic mass is 9.88. The molecule has 2 aliphatic rings. The molecule has 2 aromatic carbocycles. The number of likely N-dealkylation sites (tertiary alicyclic amines) is 2. The Bertz CT molecular complexity index is 1490. The number of nitrogens with zero attached hydrogens (tertiary/aromatic N) is 4. The first-order valence-corrected chi connectivity index (χ1v) is 14.3. The number of aromatic nitrogens is 1. The van der Waals surface area contributed by atoms with Gasteiger partial charge in [0, 0.05) is 49.8 Å². The fraction of sp³-hybridized carbons (Fsp3) is 0.364. The fourth-order valence-corrected chi connectivity index (χ4v) is 5.77. The summed E-state index contributed by atoms with van der Waals surface area (Å²) in [5, 5.41) is 8.96.